The van der Waals surface area contributed by atoms with Crippen LogP contribution < -0.4 is 14.8 Å². The number of anilines is 1. The van der Waals surface area contributed by atoms with Crippen molar-refractivity contribution in [1.29, 1.82) is 5.26 Å². The van der Waals surface area contributed by atoms with Crippen molar-refractivity contribution in [2.45, 2.75) is 13.8 Å². The normalized spacial score (nSPS) is 10.8. The quantitative estimate of drug-likeness (QED) is 0.206. The lowest BCUT2D eigenvalue weighted by molar-refractivity contribution is -0.384. The number of hydrogen-bond donors (Lipinski definition) is 1. The zero-order chi connectivity index (χ0) is 22.3. The fourth-order valence-electron chi connectivity index (χ4n) is 2.44. The molecule has 10 heteroatoms. The molecule has 0 unspecified atom stereocenters. The van der Waals surface area contributed by atoms with Crippen molar-refractivity contribution < 1.29 is 19.2 Å². The molecule has 30 heavy (non-hydrogen) atoms. The second kappa shape index (κ2) is 10.8. The Labute approximate surface area is 189 Å². The molecule has 0 saturated heterocycles. The van der Waals surface area contributed by atoms with Crippen LogP contribution in [0.3, 0.4) is 0 Å². The smallest absolute Gasteiger partial charge is 0.270 e. The maximum Gasteiger partial charge on any atom is 0.270 e. The zero-order valence-electron chi connectivity index (χ0n) is 16.1. The van der Waals surface area contributed by atoms with E-state index in [-0.39, 0.29) is 11.3 Å². The number of rotatable bonds is 8. The number of carbonyl (C=O) groups excluding carboxylic acids is 1. The molecule has 0 heterocycles. The summed E-state index contributed by atoms with van der Waals surface area (Å²) in [6, 6.07) is 9.16. The summed E-state index contributed by atoms with van der Waals surface area (Å²) < 4.78 is 12.1. The van der Waals surface area contributed by atoms with E-state index < -0.39 is 10.8 Å². The number of halogens is 2. The molecule has 1 amide bonds. The molecular weight excluding hydrogens is 522 g/mol. The first-order chi connectivity index (χ1) is 14.3. The van der Waals surface area contributed by atoms with Gasteiger partial charge in [-0.15, -0.1) is 0 Å². The number of nitro groups is 1. The first-order valence-corrected chi connectivity index (χ1v) is 10.4. The van der Waals surface area contributed by atoms with Crippen LogP contribution in [-0.2, 0) is 4.79 Å². The monoisotopic (exact) mass is 537 g/mol. The number of nitriles is 1. The third-order valence-electron chi connectivity index (χ3n) is 3.71. The van der Waals surface area contributed by atoms with Gasteiger partial charge in [0.25, 0.3) is 11.6 Å². The first-order valence-electron chi connectivity index (χ1n) is 8.76. The highest BCUT2D eigenvalue weighted by Crippen LogP contribution is 2.37. The summed E-state index contributed by atoms with van der Waals surface area (Å²) in [7, 11) is 0. The van der Waals surface area contributed by atoms with Gasteiger partial charge in [-0.1, -0.05) is 0 Å². The second-order valence-electron chi connectivity index (χ2n) is 5.74. The van der Waals surface area contributed by atoms with Gasteiger partial charge in [-0.2, -0.15) is 5.26 Å². The van der Waals surface area contributed by atoms with Crippen molar-refractivity contribution in [3.8, 4) is 17.6 Å². The molecule has 0 atom stereocenters. The van der Waals surface area contributed by atoms with Gasteiger partial charge in [-0.05, 0) is 75.5 Å². The molecule has 156 valence electrons. The second-order valence-corrected chi connectivity index (χ2v) is 7.45. The van der Waals surface area contributed by atoms with Gasteiger partial charge in [0.1, 0.15) is 11.6 Å². The number of nitrogens with one attached hydrogen (secondary N) is 1. The van der Waals surface area contributed by atoms with E-state index in [9.17, 15) is 20.2 Å². The highest BCUT2D eigenvalue weighted by Gasteiger charge is 2.16. The Morgan fingerprint density at radius 2 is 1.90 bits per heavy atom. The molecule has 1 N–H and O–H groups in total. The van der Waals surface area contributed by atoms with Crippen LogP contribution in [0.15, 0.2) is 44.9 Å². The van der Waals surface area contributed by atoms with Gasteiger partial charge in [-0.25, -0.2) is 0 Å². The van der Waals surface area contributed by atoms with Crippen LogP contribution in [0.1, 0.15) is 19.4 Å². The number of benzene rings is 2. The largest absolute Gasteiger partial charge is 0.490 e. The fraction of sp³-hybridized carbons (Fsp3) is 0.200. The Hall–Kier alpha value is -2.90. The summed E-state index contributed by atoms with van der Waals surface area (Å²) in [5.41, 5.74) is 0.579. The summed E-state index contributed by atoms with van der Waals surface area (Å²) in [6.07, 6.45) is 1.41. The Kier molecular flexibility index (Phi) is 8.38. The third kappa shape index (κ3) is 5.81. The van der Waals surface area contributed by atoms with E-state index in [4.69, 9.17) is 9.47 Å². The van der Waals surface area contributed by atoms with E-state index in [1.165, 1.54) is 24.3 Å². The lowest BCUT2D eigenvalue weighted by Gasteiger charge is -2.13. The summed E-state index contributed by atoms with van der Waals surface area (Å²) in [6.45, 7) is 4.55. The number of carbonyl (C=O) groups is 1. The number of amides is 1. The van der Waals surface area contributed by atoms with E-state index in [2.05, 4.69) is 37.2 Å². The van der Waals surface area contributed by atoms with Gasteiger partial charge >= 0.3 is 0 Å². The van der Waals surface area contributed by atoms with Crippen LogP contribution in [0.5, 0.6) is 11.5 Å². The van der Waals surface area contributed by atoms with Crippen molar-refractivity contribution in [2.24, 2.45) is 0 Å². The van der Waals surface area contributed by atoms with Crippen LogP contribution in [0.2, 0.25) is 0 Å². The minimum absolute atomic E-state index is 0.126. The molecule has 0 aliphatic heterocycles. The average molecular weight is 539 g/mol. The number of nitro benzene ring substituents is 1. The summed E-state index contributed by atoms with van der Waals surface area (Å²) in [5, 5.41) is 22.9. The molecule has 8 nitrogen and oxygen atoms in total. The molecule has 0 aromatic heterocycles. The minimum atomic E-state index is -0.657. The molecular formula is C20H17Br2N3O5. The van der Waals surface area contributed by atoms with Crippen molar-refractivity contribution in [2.75, 3.05) is 18.5 Å². The number of nitrogens with zero attached hydrogens (tertiary/aromatic N) is 2. The van der Waals surface area contributed by atoms with E-state index >= 15 is 0 Å². The predicted molar refractivity (Wildman–Crippen MR) is 119 cm³/mol. The predicted octanol–water partition coefficient (Wildman–Crippen LogP) is 5.46. The fourth-order valence-corrected chi connectivity index (χ4v) is 3.48. The Morgan fingerprint density at radius 3 is 2.47 bits per heavy atom. The maximum absolute atomic E-state index is 12.6. The number of ether oxygens (including phenoxy) is 2. The maximum atomic E-state index is 12.6. The van der Waals surface area contributed by atoms with Crippen LogP contribution in [-0.4, -0.2) is 24.0 Å². The van der Waals surface area contributed by atoms with Crippen LogP contribution in [0.4, 0.5) is 11.4 Å². The summed E-state index contributed by atoms with van der Waals surface area (Å²) >= 11 is 6.60. The van der Waals surface area contributed by atoms with Crippen molar-refractivity contribution >= 4 is 55.2 Å². The van der Waals surface area contributed by atoms with Crippen molar-refractivity contribution in [1.82, 2.24) is 0 Å². The van der Waals surface area contributed by atoms with Crippen molar-refractivity contribution in [3.63, 3.8) is 0 Å². The Bertz CT molecular complexity index is 1050. The Morgan fingerprint density at radius 1 is 1.20 bits per heavy atom. The van der Waals surface area contributed by atoms with Gasteiger partial charge in [0.15, 0.2) is 11.5 Å². The molecule has 0 radical (unpaired) electrons. The molecule has 0 spiro atoms. The molecule has 0 fully saturated rings. The zero-order valence-corrected chi connectivity index (χ0v) is 19.2. The summed E-state index contributed by atoms with van der Waals surface area (Å²) in [4.78, 5) is 22.8. The SMILES string of the molecule is CCOc1cc(/C=C(\C#N)C(=O)Nc2ccc([N+](=O)[O-])cc2Br)cc(Br)c1OCC. The minimum Gasteiger partial charge on any atom is -0.490 e. The molecule has 0 bridgehead atoms. The lowest BCUT2D eigenvalue weighted by Crippen LogP contribution is -2.14. The topological polar surface area (TPSA) is 114 Å². The standard InChI is InChI=1S/C20H17Br2N3O5/c1-3-29-18-9-12(8-16(22)19(18)30-4-2)7-13(11-23)20(26)24-17-6-5-14(25(27)28)10-15(17)21/h5-10H,3-4H2,1-2H3,(H,24,26)/b13-7+. The van der Waals surface area contributed by atoms with Gasteiger partial charge in [0.2, 0.25) is 0 Å². The molecule has 0 saturated carbocycles. The van der Waals surface area contributed by atoms with Crippen molar-refractivity contribution in [3.05, 3.63) is 60.5 Å². The van der Waals surface area contributed by atoms with Gasteiger partial charge in [-0.3, -0.25) is 14.9 Å². The molecule has 2 rings (SSSR count). The van der Waals surface area contributed by atoms with E-state index in [0.717, 1.165) is 0 Å². The van der Waals surface area contributed by atoms with Gasteiger partial charge in [0.05, 0.1) is 28.3 Å². The van der Waals surface area contributed by atoms with Gasteiger partial charge < -0.3 is 14.8 Å². The van der Waals surface area contributed by atoms with E-state index in [1.54, 1.807) is 12.1 Å². The van der Waals surface area contributed by atoms with E-state index in [1.807, 2.05) is 19.9 Å². The molecule has 0 aliphatic rings. The highest BCUT2D eigenvalue weighted by atomic mass is 79.9. The number of hydrogen-bond acceptors (Lipinski definition) is 6. The lowest BCUT2D eigenvalue weighted by atomic mass is 10.1. The number of non-ortho nitro benzene ring substituents is 1. The first kappa shape index (κ1) is 23.4. The highest BCUT2D eigenvalue weighted by molar-refractivity contribution is 9.11. The van der Waals surface area contributed by atoms with E-state index in [0.29, 0.717) is 44.9 Å². The molecule has 0 aliphatic carbocycles. The molecule has 2 aromatic carbocycles. The van der Waals surface area contributed by atoms with Crippen LogP contribution in [0, 0.1) is 21.4 Å². The molecule has 2 aromatic rings. The third-order valence-corrected chi connectivity index (χ3v) is 4.95. The van der Waals surface area contributed by atoms with Crippen LogP contribution >= 0.6 is 31.9 Å². The Balaban J connectivity index is 2.34. The summed E-state index contributed by atoms with van der Waals surface area (Å²) in [5.74, 6) is 0.361. The van der Waals surface area contributed by atoms with Crippen LogP contribution in [0.25, 0.3) is 6.08 Å². The van der Waals surface area contributed by atoms with Gasteiger partial charge in [0, 0.05) is 16.6 Å². The average Bonchev–Trinajstić information content (AvgIpc) is 2.70.